The third-order valence-corrected chi connectivity index (χ3v) is 2.72. The van der Waals surface area contributed by atoms with Crippen LogP contribution in [0.4, 0.5) is 0 Å². The molecular formula is C11H11O5P. The second-order valence-electron chi connectivity index (χ2n) is 3.39. The van der Waals surface area contributed by atoms with Crippen molar-refractivity contribution in [1.29, 1.82) is 0 Å². The molecule has 0 saturated heterocycles. The monoisotopic (exact) mass is 254 g/mol. The van der Waals surface area contributed by atoms with Gasteiger partial charge in [-0.15, -0.1) is 0 Å². The smallest absolute Gasteiger partial charge is 0.496 e. The molecule has 90 valence electrons. The number of methoxy groups -OCH3 is 1. The fourth-order valence-corrected chi connectivity index (χ4v) is 2.04. The molecule has 5 nitrogen and oxygen atoms in total. The van der Waals surface area contributed by atoms with Crippen LogP contribution in [0.2, 0.25) is 0 Å². The predicted octanol–water partition coefficient (Wildman–Crippen LogP) is 2.32. The number of fused-ring (bicyclic) bond motifs is 1. The van der Waals surface area contributed by atoms with Gasteiger partial charge in [0.1, 0.15) is 11.5 Å². The molecule has 0 aliphatic carbocycles. The van der Waals surface area contributed by atoms with Crippen LogP contribution in [0.15, 0.2) is 36.4 Å². The highest BCUT2D eigenvalue weighted by atomic mass is 31.2. The van der Waals surface area contributed by atoms with E-state index >= 15 is 0 Å². The Balaban J connectivity index is 2.63. The molecule has 0 spiro atoms. The van der Waals surface area contributed by atoms with Crippen LogP contribution in [0.1, 0.15) is 0 Å². The molecule has 0 aliphatic rings. The van der Waals surface area contributed by atoms with Crippen molar-refractivity contribution in [3.8, 4) is 11.5 Å². The highest BCUT2D eigenvalue weighted by Gasteiger charge is 2.18. The minimum absolute atomic E-state index is 0.134. The Morgan fingerprint density at radius 2 is 1.53 bits per heavy atom. The van der Waals surface area contributed by atoms with Gasteiger partial charge in [-0.2, -0.15) is 0 Å². The molecule has 0 aromatic heterocycles. The van der Waals surface area contributed by atoms with Crippen LogP contribution in [-0.2, 0) is 4.57 Å². The minimum Gasteiger partial charge on any atom is -0.496 e. The molecule has 0 bridgehead atoms. The Kier molecular flexibility index (Phi) is 3.07. The average molecular weight is 254 g/mol. The normalized spacial score (nSPS) is 11.5. The Hall–Kier alpha value is -1.55. The zero-order chi connectivity index (χ0) is 12.5. The van der Waals surface area contributed by atoms with Crippen molar-refractivity contribution in [2.75, 3.05) is 7.11 Å². The number of phosphoric ester groups is 1. The summed E-state index contributed by atoms with van der Waals surface area (Å²) in [7, 11) is -3.02. The fraction of sp³-hybridized carbons (Fsp3) is 0.0909. The highest BCUT2D eigenvalue weighted by Crippen LogP contribution is 2.42. The lowest BCUT2D eigenvalue weighted by atomic mass is 10.1. The zero-order valence-electron chi connectivity index (χ0n) is 9.03. The predicted molar refractivity (Wildman–Crippen MR) is 63.2 cm³/mol. The van der Waals surface area contributed by atoms with E-state index in [0.29, 0.717) is 11.1 Å². The number of hydrogen-bond acceptors (Lipinski definition) is 3. The summed E-state index contributed by atoms with van der Waals surface area (Å²) in [6, 6.07) is 10.2. The first kappa shape index (κ1) is 11.9. The third kappa shape index (κ3) is 2.58. The summed E-state index contributed by atoms with van der Waals surface area (Å²) in [5.74, 6) is 0.758. The van der Waals surface area contributed by atoms with Crippen molar-refractivity contribution < 1.29 is 23.6 Å². The van der Waals surface area contributed by atoms with Crippen molar-refractivity contribution >= 4 is 18.6 Å². The second kappa shape index (κ2) is 4.37. The molecule has 0 unspecified atom stereocenters. The Morgan fingerprint density at radius 3 is 2.06 bits per heavy atom. The summed E-state index contributed by atoms with van der Waals surface area (Å²) >= 11 is 0. The maximum absolute atomic E-state index is 10.8. The number of benzene rings is 2. The SMILES string of the molecule is COc1ccc(OP(=O)(O)O)c2ccccc12. The van der Waals surface area contributed by atoms with E-state index in [9.17, 15) is 4.57 Å². The van der Waals surface area contributed by atoms with Crippen LogP contribution in [0.3, 0.4) is 0 Å². The molecule has 0 atom stereocenters. The molecule has 0 heterocycles. The van der Waals surface area contributed by atoms with Crippen LogP contribution in [-0.4, -0.2) is 16.9 Å². The number of phosphoric acid groups is 1. The fourth-order valence-electron chi connectivity index (χ4n) is 1.63. The van der Waals surface area contributed by atoms with Gasteiger partial charge < -0.3 is 9.26 Å². The average Bonchev–Trinajstić information content (AvgIpc) is 2.28. The molecular weight excluding hydrogens is 243 g/mol. The van der Waals surface area contributed by atoms with Gasteiger partial charge in [0.05, 0.1) is 7.11 Å². The van der Waals surface area contributed by atoms with E-state index in [1.54, 1.807) is 24.3 Å². The Labute approximate surface area is 97.8 Å². The van der Waals surface area contributed by atoms with E-state index < -0.39 is 7.82 Å². The summed E-state index contributed by atoms with van der Waals surface area (Å²) < 4.78 is 20.6. The van der Waals surface area contributed by atoms with Gasteiger partial charge in [0, 0.05) is 10.8 Å². The lowest BCUT2D eigenvalue weighted by Gasteiger charge is -2.11. The first-order valence-corrected chi connectivity index (χ1v) is 6.35. The lowest BCUT2D eigenvalue weighted by molar-refractivity contribution is 0.284. The number of rotatable bonds is 3. The van der Waals surface area contributed by atoms with Crippen LogP contribution in [0, 0.1) is 0 Å². The largest absolute Gasteiger partial charge is 0.524 e. The molecule has 0 aliphatic heterocycles. The van der Waals surface area contributed by atoms with E-state index in [0.717, 1.165) is 5.39 Å². The van der Waals surface area contributed by atoms with Gasteiger partial charge in [-0.3, -0.25) is 9.79 Å². The van der Waals surface area contributed by atoms with Crippen molar-refractivity contribution in [3.05, 3.63) is 36.4 Å². The maximum Gasteiger partial charge on any atom is 0.524 e. The van der Waals surface area contributed by atoms with Gasteiger partial charge in [-0.25, -0.2) is 4.57 Å². The minimum atomic E-state index is -4.56. The van der Waals surface area contributed by atoms with Gasteiger partial charge in [0.15, 0.2) is 0 Å². The summed E-state index contributed by atoms with van der Waals surface area (Å²) in [6.45, 7) is 0. The molecule has 6 heteroatoms. The van der Waals surface area contributed by atoms with Gasteiger partial charge in [0.25, 0.3) is 0 Å². The molecule has 0 fully saturated rings. The van der Waals surface area contributed by atoms with E-state index in [4.69, 9.17) is 14.5 Å². The first-order chi connectivity index (χ1) is 8.01. The quantitative estimate of drug-likeness (QED) is 0.822. The molecule has 0 saturated carbocycles. The first-order valence-electron chi connectivity index (χ1n) is 4.82. The van der Waals surface area contributed by atoms with Crippen molar-refractivity contribution in [1.82, 2.24) is 0 Å². The Bertz CT molecular complexity index is 589. The zero-order valence-corrected chi connectivity index (χ0v) is 9.92. The molecule has 2 rings (SSSR count). The molecule has 0 amide bonds. The number of ether oxygens (including phenoxy) is 1. The van der Waals surface area contributed by atoms with Gasteiger partial charge in [0.2, 0.25) is 0 Å². The van der Waals surface area contributed by atoms with Crippen LogP contribution >= 0.6 is 7.82 Å². The van der Waals surface area contributed by atoms with Crippen LogP contribution < -0.4 is 9.26 Å². The summed E-state index contributed by atoms with van der Waals surface area (Å²) in [5.41, 5.74) is 0. The summed E-state index contributed by atoms with van der Waals surface area (Å²) in [5, 5.41) is 1.33. The van der Waals surface area contributed by atoms with Gasteiger partial charge >= 0.3 is 7.82 Å². The topological polar surface area (TPSA) is 76.0 Å². The Morgan fingerprint density at radius 1 is 1.00 bits per heavy atom. The second-order valence-corrected chi connectivity index (χ2v) is 4.56. The van der Waals surface area contributed by atoms with Gasteiger partial charge in [-0.05, 0) is 12.1 Å². The van der Waals surface area contributed by atoms with Gasteiger partial charge in [-0.1, -0.05) is 24.3 Å². The van der Waals surface area contributed by atoms with E-state index in [1.165, 1.54) is 13.2 Å². The standard InChI is InChI=1S/C11H11O5P/c1-15-10-6-7-11(16-17(12,13)14)9-5-3-2-4-8(9)10/h2-7H,1H3,(H2,12,13,14). The maximum atomic E-state index is 10.8. The van der Waals surface area contributed by atoms with Crippen molar-refractivity contribution in [3.63, 3.8) is 0 Å². The summed E-state index contributed by atoms with van der Waals surface area (Å²) in [4.78, 5) is 17.6. The molecule has 17 heavy (non-hydrogen) atoms. The van der Waals surface area contributed by atoms with Crippen molar-refractivity contribution in [2.45, 2.75) is 0 Å². The number of hydrogen-bond donors (Lipinski definition) is 2. The van der Waals surface area contributed by atoms with E-state index in [1.807, 2.05) is 6.07 Å². The third-order valence-electron chi connectivity index (χ3n) is 2.28. The van der Waals surface area contributed by atoms with E-state index in [2.05, 4.69) is 4.52 Å². The van der Waals surface area contributed by atoms with Crippen LogP contribution in [0.5, 0.6) is 11.5 Å². The lowest BCUT2D eigenvalue weighted by Crippen LogP contribution is -1.92. The van der Waals surface area contributed by atoms with E-state index in [-0.39, 0.29) is 5.75 Å². The van der Waals surface area contributed by atoms with Crippen LogP contribution in [0.25, 0.3) is 10.8 Å². The highest BCUT2D eigenvalue weighted by molar-refractivity contribution is 7.46. The molecule has 2 aromatic rings. The molecule has 2 N–H and O–H groups in total. The van der Waals surface area contributed by atoms with Crippen molar-refractivity contribution in [2.24, 2.45) is 0 Å². The molecule has 2 aromatic carbocycles. The molecule has 0 radical (unpaired) electrons. The summed E-state index contributed by atoms with van der Waals surface area (Å²) in [6.07, 6.45) is 0.